The average Bonchev–Trinajstić information content (AvgIpc) is 2.94. The molecule has 1 aromatic carbocycles. The van der Waals surface area contributed by atoms with Crippen molar-refractivity contribution in [1.29, 1.82) is 0 Å². The third-order valence-electron chi connectivity index (χ3n) is 4.13. The molecule has 0 atom stereocenters. The maximum Gasteiger partial charge on any atom is 0.338 e. The molecule has 8 heteroatoms. The predicted octanol–water partition coefficient (Wildman–Crippen LogP) is 3.37. The van der Waals surface area contributed by atoms with Crippen molar-refractivity contribution < 1.29 is 19.0 Å². The average molecular weight is 388 g/mol. The van der Waals surface area contributed by atoms with Crippen molar-refractivity contribution in [2.75, 3.05) is 13.7 Å². The Morgan fingerprint density at radius 3 is 2.74 bits per heavy atom. The quantitative estimate of drug-likeness (QED) is 0.651. The topological polar surface area (TPSA) is 90.5 Å². The summed E-state index contributed by atoms with van der Waals surface area (Å²) in [6.07, 6.45) is 0. The minimum absolute atomic E-state index is 0.129. The van der Waals surface area contributed by atoms with E-state index in [1.807, 2.05) is 20.8 Å². The molecule has 27 heavy (non-hydrogen) atoms. The summed E-state index contributed by atoms with van der Waals surface area (Å²) in [7, 11) is 1.53. The van der Waals surface area contributed by atoms with E-state index in [1.165, 1.54) is 18.4 Å². The molecule has 0 spiro atoms. The molecule has 3 rings (SSSR count). The summed E-state index contributed by atoms with van der Waals surface area (Å²) >= 11 is 1.45. The van der Waals surface area contributed by atoms with Crippen LogP contribution >= 0.6 is 11.3 Å². The van der Waals surface area contributed by atoms with Crippen molar-refractivity contribution in [3.8, 4) is 11.5 Å². The van der Waals surface area contributed by atoms with Gasteiger partial charge in [-0.15, -0.1) is 11.3 Å². The van der Waals surface area contributed by atoms with Crippen LogP contribution in [-0.2, 0) is 11.3 Å². The number of thiophene rings is 1. The normalized spacial score (nSPS) is 10.8. The summed E-state index contributed by atoms with van der Waals surface area (Å²) in [6.45, 7) is 6.00. The van der Waals surface area contributed by atoms with Crippen LogP contribution in [0.5, 0.6) is 11.5 Å². The highest BCUT2D eigenvalue weighted by Gasteiger charge is 2.15. The summed E-state index contributed by atoms with van der Waals surface area (Å²) in [6, 6.07) is 4.80. The van der Waals surface area contributed by atoms with Crippen LogP contribution in [0.2, 0.25) is 0 Å². The lowest BCUT2D eigenvalue weighted by Crippen LogP contribution is -2.14. The highest BCUT2D eigenvalue weighted by Crippen LogP contribution is 2.28. The summed E-state index contributed by atoms with van der Waals surface area (Å²) in [5, 5.41) is 0.587. The molecule has 0 bridgehead atoms. The lowest BCUT2D eigenvalue weighted by Gasteiger charge is -2.11. The standard InChI is InChI=1S/C19H20N2O5S/c1-5-25-14-8-12(6-7-13(14)24-4)19(23)26-9-15-20-17(22)16-10(2)11(3)27-18(16)21-15/h6-8H,5,9H2,1-4H3,(H,20,21,22). The van der Waals surface area contributed by atoms with Gasteiger partial charge in [0.2, 0.25) is 0 Å². The molecule has 0 amide bonds. The number of methoxy groups -OCH3 is 1. The Hall–Kier alpha value is -2.87. The van der Waals surface area contributed by atoms with Gasteiger partial charge in [0.05, 0.1) is 24.7 Å². The van der Waals surface area contributed by atoms with Crippen LogP contribution in [0.25, 0.3) is 10.2 Å². The fourth-order valence-corrected chi connectivity index (χ4v) is 3.71. The number of aromatic amines is 1. The summed E-state index contributed by atoms with van der Waals surface area (Å²) < 4.78 is 16.0. The highest BCUT2D eigenvalue weighted by atomic mass is 32.1. The SMILES string of the molecule is CCOc1cc(C(=O)OCc2nc3sc(C)c(C)c3c(=O)[nH]2)ccc1OC. The molecule has 142 valence electrons. The number of aromatic nitrogens is 2. The number of nitrogens with one attached hydrogen (secondary N) is 1. The minimum atomic E-state index is -0.542. The molecule has 0 saturated carbocycles. The minimum Gasteiger partial charge on any atom is -0.493 e. The smallest absolute Gasteiger partial charge is 0.338 e. The summed E-state index contributed by atoms with van der Waals surface area (Å²) in [5.74, 6) is 0.765. The largest absolute Gasteiger partial charge is 0.493 e. The van der Waals surface area contributed by atoms with E-state index in [2.05, 4.69) is 9.97 Å². The van der Waals surface area contributed by atoms with Crippen molar-refractivity contribution in [2.45, 2.75) is 27.4 Å². The van der Waals surface area contributed by atoms with Gasteiger partial charge in [0.25, 0.3) is 5.56 Å². The zero-order chi connectivity index (χ0) is 19.6. The molecule has 3 aromatic rings. The Bertz CT molecular complexity index is 1050. The number of benzene rings is 1. The number of fused-ring (bicyclic) bond motifs is 1. The molecular weight excluding hydrogens is 368 g/mol. The van der Waals surface area contributed by atoms with E-state index >= 15 is 0 Å². The van der Waals surface area contributed by atoms with E-state index < -0.39 is 5.97 Å². The molecule has 2 aromatic heterocycles. The molecular formula is C19H20N2O5S. The molecule has 0 aliphatic rings. The summed E-state index contributed by atoms with van der Waals surface area (Å²) in [4.78, 5) is 33.4. The summed E-state index contributed by atoms with van der Waals surface area (Å²) in [5.41, 5.74) is 1.02. The van der Waals surface area contributed by atoms with Gasteiger partial charge in [-0.3, -0.25) is 4.79 Å². The maximum atomic E-state index is 12.3. The second-order valence-electron chi connectivity index (χ2n) is 5.85. The van der Waals surface area contributed by atoms with Gasteiger partial charge < -0.3 is 19.2 Å². The van der Waals surface area contributed by atoms with Gasteiger partial charge in [0.1, 0.15) is 17.3 Å². The van der Waals surface area contributed by atoms with Crippen LogP contribution in [0.3, 0.4) is 0 Å². The zero-order valence-electron chi connectivity index (χ0n) is 15.5. The Labute approximate surface area is 159 Å². The van der Waals surface area contributed by atoms with Gasteiger partial charge in [-0.1, -0.05) is 0 Å². The van der Waals surface area contributed by atoms with Crippen molar-refractivity contribution in [2.24, 2.45) is 0 Å². The Morgan fingerprint density at radius 2 is 2.04 bits per heavy atom. The molecule has 1 N–H and O–H groups in total. The highest BCUT2D eigenvalue weighted by molar-refractivity contribution is 7.18. The first-order chi connectivity index (χ1) is 12.9. The number of carbonyl (C=O) groups excluding carboxylic acids is 1. The number of carbonyl (C=O) groups is 1. The van der Waals surface area contributed by atoms with Crippen LogP contribution in [0.15, 0.2) is 23.0 Å². The predicted molar refractivity (Wildman–Crippen MR) is 103 cm³/mol. The van der Waals surface area contributed by atoms with Gasteiger partial charge in [-0.2, -0.15) is 0 Å². The second kappa shape index (κ2) is 7.79. The maximum absolute atomic E-state index is 12.3. The molecule has 0 unspecified atom stereocenters. The van der Waals surface area contributed by atoms with E-state index in [0.717, 1.165) is 10.4 Å². The first kappa shape index (κ1) is 18.9. The molecule has 0 aliphatic heterocycles. The number of H-pyrrole nitrogens is 1. The molecule has 7 nitrogen and oxygen atoms in total. The van der Waals surface area contributed by atoms with E-state index in [4.69, 9.17) is 14.2 Å². The molecule has 0 saturated heterocycles. The zero-order valence-corrected chi connectivity index (χ0v) is 16.4. The van der Waals surface area contributed by atoms with Crippen LogP contribution in [0.4, 0.5) is 0 Å². The van der Waals surface area contributed by atoms with Crippen LogP contribution in [0.1, 0.15) is 33.5 Å². The van der Waals surface area contributed by atoms with Crippen LogP contribution < -0.4 is 15.0 Å². The number of hydrogen-bond acceptors (Lipinski definition) is 7. The second-order valence-corrected chi connectivity index (χ2v) is 7.05. The fourth-order valence-electron chi connectivity index (χ4n) is 2.66. The third-order valence-corrected chi connectivity index (χ3v) is 5.23. The number of aryl methyl sites for hydroxylation is 2. The Morgan fingerprint density at radius 1 is 1.26 bits per heavy atom. The van der Waals surface area contributed by atoms with Gasteiger partial charge in [0.15, 0.2) is 11.5 Å². The van der Waals surface area contributed by atoms with Crippen molar-refractivity contribution in [1.82, 2.24) is 9.97 Å². The van der Waals surface area contributed by atoms with Gasteiger partial charge >= 0.3 is 5.97 Å². The number of esters is 1. The lowest BCUT2D eigenvalue weighted by molar-refractivity contribution is 0.0462. The van der Waals surface area contributed by atoms with Gasteiger partial charge in [-0.25, -0.2) is 9.78 Å². The molecule has 0 aliphatic carbocycles. The number of rotatable bonds is 6. The molecule has 2 heterocycles. The number of hydrogen-bond donors (Lipinski definition) is 1. The van der Waals surface area contributed by atoms with Crippen LogP contribution in [0, 0.1) is 13.8 Å². The van der Waals surface area contributed by atoms with Gasteiger partial charge in [0, 0.05) is 4.88 Å². The van der Waals surface area contributed by atoms with E-state index in [0.29, 0.717) is 39.7 Å². The first-order valence-electron chi connectivity index (χ1n) is 8.41. The number of ether oxygens (including phenoxy) is 3. The Kier molecular flexibility index (Phi) is 5.46. The van der Waals surface area contributed by atoms with E-state index in [-0.39, 0.29) is 12.2 Å². The van der Waals surface area contributed by atoms with Crippen molar-refractivity contribution >= 4 is 27.5 Å². The first-order valence-corrected chi connectivity index (χ1v) is 9.23. The van der Waals surface area contributed by atoms with Crippen LogP contribution in [-0.4, -0.2) is 29.7 Å². The molecule has 0 radical (unpaired) electrons. The van der Waals surface area contributed by atoms with E-state index in [9.17, 15) is 9.59 Å². The lowest BCUT2D eigenvalue weighted by atomic mass is 10.2. The molecule has 0 fully saturated rings. The van der Waals surface area contributed by atoms with Crippen molar-refractivity contribution in [3.63, 3.8) is 0 Å². The monoisotopic (exact) mass is 388 g/mol. The number of nitrogens with zero attached hydrogens (tertiary/aromatic N) is 1. The fraction of sp³-hybridized carbons (Fsp3) is 0.316. The Balaban J connectivity index is 1.79. The third kappa shape index (κ3) is 3.80. The van der Waals surface area contributed by atoms with Gasteiger partial charge in [-0.05, 0) is 44.5 Å². The van der Waals surface area contributed by atoms with Crippen molar-refractivity contribution in [3.05, 3.63) is 50.4 Å². The van der Waals surface area contributed by atoms with E-state index in [1.54, 1.807) is 18.2 Å².